The molecule has 1 rings (SSSR count). The van der Waals surface area contributed by atoms with Gasteiger partial charge in [-0.25, -0.2) is 0 Å². The minimum absolute atomic E-state index is 0.139. The predicted octanol–water partition coefficient (Wildman–Crippen LogP) is 1.52. The van der Waals surface area contributed by atoms with Gasteiger partial charge in [-0.3, -0.25) is 14.8 Å². The average molecular weight is 306 g/mol. The number of nitrogens with zero attached hydrogens (tertiary/aromatic N) is 2. The molecule has 0 aliphatic carbocycles. The molecular weight excluding hydrogens is 280 g/mol. The van der Waals surface area contributed by atoms with Crippen LogP contribution >= 0.6 is 0 Å². The van der Waals surface area contributed by atoms with Gasteiger partial charge < -0.3 is 15.4 Å². The van der Waals surface area contributed by atoms with E-state index in [1.165, 1.54) is 7.11 Å². The normalized spacial score (nSPS) is 11.1. The molecule has 0 atom stereocenters. The van der Waals surface area contributed by atoms with Gasteiger partial charge in [0.05, 0.1) is 7.11 Å². The third-order valence-corrected chi connectivity index (χ3v) is 3.20. The van der Waals surface area contributed by atoms with Crippen LogP contribution in [0.2, 0.25) is 0 Å². The summed E-state index contributed by atoms with van der Waals surface area (Å²) in [6.07, 6.45) is 6.01. The highest BCUT2D eigenvalue weighted by Crippen LogP contribution is 2.00. The van der Waals surface area contributed by atoms with Gasteiger partial charge in [0.1, 0.15) is 0 Å². The number of hydrogen-bond donors (Lipinski definition) is 2. The van der Waals surface area contributed by atoms with Crippen LogP contribution in [0, 0.1) is 0 Å². The lowest BCUT2D eigenvalue weighted by Gasteiger charge is -2.11. The van der Waals surface area contributed by atoms with E-state index >= 15 is 0 Å². The first-order valence-electron chi connectivity index (χ1n) is 7.67. The fraction of sp³-hybridized carbons (Fsp3) is 0.562. The molecule has 0 aliphatic rings. The second kappa shape index (κ2) is 11.5. The number of guanidine groups is 1. The Morgan fingerprint density at radius 3 is 2.73 bits per heavy atom. The van der Waals surface area contributed by atoms with E-state index in [0.29, 0.717) is 6.42 Å². The number of methoxy groups -OCH3 is 1. The lowest BCUT2D eigenvalue weighted by Crippen LogP contribution is -2.38. The Labute approximate surface area is 132 Å². The number of esters is 1. The lowest BCUT2D eigenvalue weighted by molar-refractivity contribution is -0.140. The Morgan fingerprint density at radius 2 is 2.05 bits per heavy atom. The van der Waals surface area contributed by atoms with E-state index in [-0.39, 0.29) is 5.97 Å². The minimum atomic E-state index is -0.139. The molecule has 0 aliphatic heterocycles. The Balaban J connectivity index is 2.06. The summed E-state index contributed by atoms with van der Waals surface area (Å²) in [4.78, 5) is 19.4. The fourth-order valence-corrected chi connectivity index (χ4v) is 1.96. The highest BCUT2D eigenvalue weighted by atomic mass is 16.5. The van der Waals surface area contributed by atoms with Crippen molar-refractivity contribution in [1.29, 1.82) is 0 Å². The predicted molar refractivity (Wildman–Crippen MR) is 87.8 cm³/mol. The number of carbonyl (C=O) groups excluding carboxylic acids is 1. The molecule has 0 unspecified atom stereocenters. The molecule has 6 nitrogen and oxygen atoms in total. The minimum Gasteiger partial charge on any atom is -0.469 e. The smallest absolute Gasteiger partial charge is 0.305 e. The third kappa shape index (κ3) is 8.24. The summed E-state index contributed by atoms with van der Waals surface area (Å²) in [6, 6.07) is 5.92. The number of nitrogens with one attached hydrogen (secondary N) is 2. The van der Waals surface area contributed by atoms with Crippen LogP contribution in [0.3, 0.4) is 0 Å². The van der Waals surface area contributed by atoms with E-state index in [2.05, 4.69) is 25.3 Å². The molecule has 1 heterocycles. The number of pyridine rings is 1. The summed E-state index contributed by atoms with van der Waals surface area (Å²) in [5, 5.41) is 6.52. The quantitative estimate of drug-likeness (QED) is 0.313. The number of aliphatic imine (C=N–C) groups is 1. The summed E-state index contributed by atoms with van der Waals surface area (Å²) < 4.78 is 4.60. The topological polar surface area (TPSA) is 75.6 Å². The molecule has 0 saturated heterocycles. The van der Waals surface area contributed by atoms with E-state index in [9.17, 15) is 4.79 Å². The zero-order valence-corrected chi connectivity index (χ0v) is 13.5. The van der Waals surface area contributed by atoms with Gasteiger partial charge in [0, 0.05) is 44.9 Å². The van der Waals surface area contributed by atoms with Crippen LogP contribution < -0.4 is 10.6 Å². The van der Waals surface area contributed by atoms with Gasteiger partial charge >= 0.3 is 5.97 Å². The maximum Gasteiger partial charge on any atom is 0.305 e. The van der Waals surface area contributed by atoms with Crippen molar-refractivity contribution in [3.63, 3.8) is 0 Å². The number of ether oxygens (including phenoxy) is 1. The molecule has 22 heavy (non-hydrogen) atoms. The van der Waals surface area contributed by atoms with Gasteiger partial charge in [-0.15, -0.1) is 0 Å². The summed E-state index contributed by atoms with van der Waals surface area (Å²) in [7, 11) is 3.18. The number of carbonyl (C=O) groups is 1. The molecule has 1 aromatic heterocycles. The molecule has 0 saturated carbocycles. The molecule has 2 N–H and O–H groups in total. The van der Waals surface area contributed by atoms with E-state index in [1.54, 1.807) is 13.2 Å². The van der Waals surface area contributed by atoms with Crippen LogP contribution in [0.15, 0.2) is 29.4 Å². The van der Waals surface area contributed by atoms with Crippen molar-refractivity contribution in [3.8, 4) is 0 Å². The maximum atomic E-state index is 11.0. The zero-order valence-electron chi connectivity index (χ0n) is 13.5. The SMILES string of the molecule is CN=C(NCCCCCC(=O)OC)NCCc1ccccn1. The van der Waals surface area contributed by atoms with Crippen molar-refractivity contribution >= 4 is 11.9 Å². The molecule has 0 amide bonds. The molecule has 122 valence electrons. The zero-order chi connectivity index (χ0) is 16.0. The largest absolute Gasteiger partial charge is 0.469 e. The first-order valence-corrected chi connectivity index (χ1v) is 7.67. The second-order valence-corrected chi connectivity index (χ2v) is 4.88. The van der Waals surface area contributed by atoms with Gasteiger partial charge in [-0.2, -0.15) is 0 Å². The standard InChI is InChI=1S/C16H26N4O2/c1-17-16(19-12-6-3-4-9-15(21)22-2)20-13-10-14-8-5-7-11-18-14/h5,7-8,11H,3-4,6,9-10,12-13H2,1-2H3,(H2,17,19,20). The van der Waals surface area contributed by atoms with E-state index in [1.807, 2.05) is 18.2 Å². The Bertz CT molecular complexity index is 449. The molecule has 0 fully saturated rings. The molecular formula is C16H26N4O2. The summed E-state index contributed by atoms with van der Waals surface area (Å²) in [5.74, 6) is 0.656. The Kier molecular flexibility index (Phi) is 9.41. The number of rotatable bonds is 9. The molecule has 0 bridgehead atoms. The molecule has 1 aromatic rings. The van der Waals surface area contributed by atoms with E-state index in [0.717, 1.165) is 50.4 Å². The highest BCUT2D eigenvalue weighted by Gasteiger charge is 2.00. The first kappa shape index (κ1) is 17.9. The van der Waals surface area contributed by atoms with Gasteiger partial charge in [-0.1, -0.05) is 12.5 Å². The van der Waals surface area contributed by atoms with Crippen molar-refractivity contribution in [3.05, 3.63) is 30.1 Å². The van der Waals surface area contributed by atoms with Gasteiger partial charge in [0.2, 0.25) is 0 Å². The molecule has 0 radical (unpaired) electrons. The van der Waals surface area contributed by atoms with Crippen LogP contribution in [0.25, 0.3) is 0 Å². The molecule has 0 aromatic carbocycles. The fourth-order valence-electron chi connectivity index (χ4n) is 1.96. The Morgan fingerprint density at radius 1 is 1.23 bits per heavy atom. The Hall–Kier alpha value is -2.11. The molecule has 0 spiro atoms. The van der Waals surface area contributed by atoms with Crippen LogP contribution in [-0.4, -0.2) is 44.2 Å². The van der Waals surface area contributed by atoms with Crippen LogP contribution in [0.1, 0.15) is 31.4 Å². The summed E-state index contributed by atoms with van der Waals surface area (Å²) >= 11 is 0. The molecule has 6 heteroatoms. The second-order valence-electron chi connectivity index (χ2n) is 4.88. The van der Waals surface area contributed by atoms with Crippen LogP contribution in [0.4, 0.5) is 0 Å². The van der Waals surface area contributed by atoms with Gasteiger partial charge in [0.25, 0.3) is 0 Å². The van der Waals surface area contributed by atoms with E-state index < -0.39 is 0 Å². The number of unbranched alkanes of at least 4 members (excludes halogenated alkanes) is 2. The number of aromatic nitrogens is 1. The monoisotopic (exact) mass is 306 g/mol. The first-order chi connectivity index (χ1) is 10.8. The van der Waals surface area contributed by atoms with Crippen molar-refractivity contribution in [2.45, 2.75) is 32.1 Å². The lowest BCUT2D eigenvalue weighted by atomic mass is 10.2. The summed E-state index contributed by atoms with van der Waals surface area (Å²) in [5.41, 5.74) is 1.06. The maximum absolute atomic E-state index is 11.0. The summed E-state index contributed by atoms with van der Waals surface area (Å²) in [6.45, 7) is 1.63. The van der Waals surface area contributed by atoms with Gasteiger partial charge in [0.15, 0.2) is 5.96 Å². The average Bonchev–Trinajstić information content (AvgIpc) is 2.56. The highest BCUT2D eigenvalue weighted by molar-refractivity contribution is 5.79. The van der Waals surface area contributed by atoms with Crippen molar-refractivity contribution in [2.24, 2.45) is 4.99 Å². The van der Waals surface area contributed by atoms with E-state index in [4.69, 9.17) is 0 Å². The van der Waals surface area contributed by atoms with Crippen molar-refractivity contribution < 1.29 is 9.53 Å². The van der Waals surface area contributed by atoms with Crippen molar-refractivity contribution in [1.82, 2.24) is 15.6 Å². The van der Waals surface area contributed by atoms with Crippen LogP contribution in [-0.2, 0) is 16.0 Å². The third-order valence-electron chi connectivity index (χ3n) is 3.20. The number of hydrogen-bond acceptors (Lipinski definition) is 4. The van der Waals surface area contributed by atoms with Gasteiger partial charge in [-0.05, 0) is 25.0 Å². The van der Waals surface area contributed by atoms with Crippen LogP contribution in [0.5, 0.6) is 0 Å². The van der Waals surface area contributed by atoms with Crippen molar-refractivity contribution in [2.75, 3.05) is 27.2 Å².